The van der Waals surface area contributed by atoms with E-state index in [2.05, 4.69) is 25.5 Å². The van der Waals surface area contributed by atoms with Gasteiger partial charge in [-0.2, -0.15) is 13.2 Å². The van der Waals surface area contributed by atoms with Gasteiger partial charge in [0.15, 0.2) is 21.5 Å². The summed E-state index contributed by atoms with van der Waals surface area (Å²) < 4.78 is 66.0. The Kier molecular flexibility index (Phi) is 5.68. The molecule has 3 heterocycles. The average Bonchev–Trinajstić information content (AvgIpc) is 3.55. The zero-order valence-electron chi connectivity index (χ0n) is 17.6. The fourth-order valence-corrected chi connectivity index (χ4v) is 4.16. The van der Waals surface area contributed by atoms with Crippen LogP contribution in [0.15, 0.2) is 35.4 Å². The Balaban J connectivity index is 1.81. The zero-order chi connectivity index (χ0) is 24.0. The Bertz CT molecular complexity index is 1330. The predicted molar refractivity (Wildman–Crippen MR) is 112 cm³/mol. The number of sulfone groups is 1. The van der Waals surface area contributed by atoms with Crippen LogP contribution in [0.3, 0.4) is 0 Å². The lowest BCUT2D eigenvalue weighted by Gasteiger charge is -2.12. The van der Waals surface area contributed by atoms with E-state index in [9.17, 15) is 26.4 Å². The van der Waals surface area contributed by atoms with Crippen molar-refractivity contribution in [3.63, 3.8) is 0 Å². The maximum absolute atomic E-state index is 13.1. The largest absolute Gasteiger partial charge is 0.416 e. The van der Waals surface area contributed by atoms with Gasteiger partial charge in [0.25, 0.3) is 0 Å². The second-order valence-corrected chi connectivity index (χ2v) is 9.79. The standard InChI is InChI=1S/C20H19F3N6O3S/c1-3-33(31,32)14-6-7-15(26-19(30)11-4-5-11)25-16(14)18-28-27-17(29(18)2)13-10-12(8-9-24-13)20(21,22)23/h6-11H,3-5H2,1-2H3,(H,25,26,30). The first-order valence-electron chi connectivity index (χ1n) is 9.99. The second kappa shape index (κ2) is 8.21. The summed E-state index contributed by atoms with van der Waals surface area (Å²) in [5, 5.41) is 10.6. The lowest BCUT2D eigenvalue weighted by molar-refractivity contribution is -0.137. The molecule has 0 aliphatic heterocycles. The molecule has 0 atom stereocenters. The summed E-state index contributed by atoms with van der Waals surface area (Å²) in [5.41, 5.74) is -1.07. The van der Waals surface area contributed by atoms with E-state index in [1.165, 1.54) is 30.7 Å². The number of halogens is 3. The smallest absolute Gasteiger partial charge is 0.310 e. The molecule has 0 aromatic carbocycles. The number of hydrogen-bond acceptors (Lipinski definition) is 7. The van der Waals surface area contributed by atoms with Crippen molar-refractivity contribution in [2.45, 2.75) is 30.8 Å². The molecule has 1 aliphatic carbocycles. The van der Waals surface area contributed by atoms with Crippen LogP contribution in [0, 0.1) is 5.92 Å². The minimum absolute atomic E-state index is 0.00115. The van der Waals surface area contributed by atoms with Gasteiger partial charge < -0.3 is 9.88 Å². The maximum atomic E-state index is 13.1. The van der Waals surface area contributed by atoms with Gasteiger partial charge in [0.1, 0.15) is 17.2 Å². The normalized spacial score (nSPS) is 14.3. The predicted octanol–water partition coefficient (Wildman–Crippen LogP) is 3.10. The number of anilines is 1. The summed E-state index contributed by atoms with van der Waals surface area (Å²) in [7, 11) is -2.28. The minimum Gasteiger partial charge on any atom is -0.310 e. The quantitative estimate of drug-likeness (QED) is 0.576. The van der Waals surface area contributed by atoms with Crippen LogP contribution in [0.2, 0.25) is 0 Å². The lowest BCUT2D eigenvalue weighted by atomic mass is 10.2. The van der Waals surface area contributed by atoms with Gasteiger partial charge in [-0.05, 0) is 37.1 Å². The fourth-order valence-electron chi connectivity index (χ4n) is 3.14. The highest BCUT2D eigenvalue weighted by atomic mass is 32.2. The van der Waals surface area contributed by atoms with E-state index in [4.69, 9.17) is 0 Å². The van der Waals surface area contributed by atoms with E-state index in [0.717, 1.165) is 31.2 Å². The van der Waals surface area contributed by atoms with E-state index in [1.807, 2.05) is 0 Å². The van der Waals surface area contributed by atoms with E-state index >= 15 is 0 Å². The van der Waals surface area contributed by atoms with Gasteiger partial charge in [-0.1, -0.05) is 6.92 Å². The molecule has 1 fully saturated rings. The van der Waals surface area contributed by atoms with E-state index in [0.29, 0.717) is 0 Å². The van der Waals surface area contributed by atoms with Crippen LogP contribution in [0.4, 0.5) is 19.0 Å². The number of carbonyl (C=O) groups excluding carboxylic acids is 1. The monoisotopic (exact) mass is 480 g/mol. The number of alkyl halides is 3. The van der Waals surface area contributed by atoms with Crippen molar-refractivity contribution in [2.24, 2.45) is 13.0 Å². The summed E-state index contributed by atoms with van der Waals surface area (Å²) in [5.74, 6) is -0.397. The molecular formula is C20H19F3N6O3S. The molecule has 0 radical (unpaired) electrons. The molecule has 1 aliphatic rings. The summed E-state index contributed by atoms with van der Waals surface area (Å²) in [6.45, 7) is 1.47. The van der Waals surface area contributed by atoms with Crippen molar-refractivity contribution >= 4 is 21.6 Å². The first-order valence-corrected chi connectivity index (χ1v) is 11.6. The molecule has 4 rings (SSSR count). The Labute approximate surface area is 187 Å². The topological polar surface area (TPSA) is 120 Å². The third kappa shape index (κ3) is 4.58. The van der Waals surface area contributed by atoms with Crippen LogP contribution in [0.25, 0.3) is 23.0 Å². The highest BCUT2D eigenvalue weighted by molar-refractivity contribution is 7.91. The number of pyridine rings is 2. The molecule has 0 bridgehead atoms. The van der Waals surface area contributed by atoms with E-state index < -0.39 is 21.6 Å². The molecule has 174 valence electrons. The van der Waals surface area contributed by atoms with Crippen molar-refractivity contribution in [1.29, 1.82) is 0 Å². The molecule has 3 aromatic rings. The number of aromatic nitrogens is 5. The number of rotatable bonds is 6. The number of hydrogen-bond donors (Lipinski definition) is 1. The van der Waals surface area contributed by atoms with Crippen LogP contribution in [-0.2, 0) is 27.9 Å². The highest BCUT2D eigenvalue weighted by Crippen LogP contribution is 2.33. The van der Waals surface area contributed by atoms with Crippen molar-refractivity contribution in [1.82, 2.24) is 24.7 Å². The molecule has 3 aromatic heterocycles. The van der Waals surface area contributed by atoms with Crippen LogP contribution in [0.5, 0.6) is 0 Å². The highest BCUT2D eigenvalue weighted by Gasteiger charge is 2.32. The summed E-state index contributed by atoms with van der Waals surface area (Å²) in [6, 6.07) is 4.37. The fraction of sp³-hybridized carbons (Fsp3) is 0.350. The van der Waals surface area contributed by atoms with Gasteiger partial charge in [0, 0.05) is 19.2 Å². The molecule has 33 heavy (non-hydrogen) atoms. The molecule has 0 unspecified atom stereocenters. The van der Waals surface area contributed by atoms with Crippen molar-refractivity contribution < 1.29 is 26.4 Å². The number of nitrogens with zero attached hydrogens (tertiary/aromatic N) is 5. The van der Waals surface area contributed by atoms with Gasteiger partial charge in [0.2, 0.25) is 5.91 Å². The van der Waals surface area contributed by atoms with Crippen LogP contribution in [0.1, 0.15) is 25.3 Å². The molecule has 0 saturated heterocycles. The van der Waals surface area contributed by atoms with E-state index in [-0.39, 0.29) is 51.3 Å². The molecule has 1 saturated carbocycles. The first-order chi connectivity index (χ1) is 15.5. The Morgan fingerprint density at radius 1 is 1.18 bits per heavy atom. The summed E-state index contributed by atoms with van der Waals surface area (Å²) in [4.78, 5) is 20.2. The summed E-state index contributed by atoms with van der Waals surface area (Å²) >= 11 is 0. The van der Waals surface area contributed by atoms with E-state index in [1.54, 1.807) is 0 Å². The number of carbonyl (C=O) groups is 1. The van der Waals surface area contributed by atoms with Crippen LogP contribution >= 0.6 is 0 Å². The van der Waals surface area contributed by atoms with Gasteiger partial charge >= 0.3 is 6.18 Å². The zero-order valence-corrected chi connectivity index (χ0v) is 18.4. The third-order valence-corrected chi connectivity index (χ3v) is 6.94. The van der Waals surface area contributed by atoms with Crippen molar-refractivity contribution in [3.8, 4) is 23.0 Å². The SMILES string of the molecule is CCS(=O)(=O)c1ccc(NC(=O)C2CC2)nc1-c1nnc(-c2cc(C(F)(F)F)ccn2)n1C. The third-order valence-electron chi connectivity index (χ3n) is 5.18. The minimum atomic E-state index is -4.57. The Hall–Kier alpha value is -3.35. The number of amides is 1. The maximum Gasteiger partial charge on any atom is 0.416 e. The van der Waals surface area contributed by atoms with Gasteiger partial charge in [-0.25, -0.2) is 13.4 Å². The molecule has 9 nitrogen and oxygen atoms in total. The molecular weight excluding hydrogens is 461 g/mol. The Morgan fingerprint density at radius 2 is 1.88 bits per heavy atom. The Morgan fingerprint density at radius 3 is 2.52 bits per heavy atom. The molecule has 1 N–H and O–H groups in total. The molecule has 13 heteroatoms. The van der Waals surface area contributed by atoms with Crippen LogP contribution < -0.4 is 5.32 Å². The average molecular weight is 480 g/mol. The first kappa shape index (κ1) is 22.8. The second-order valence-electron chi connectivity index (χ2n) is 7.54. The van der Waals surface area contributed by atoms with Crippen molar-refractivity contribution in [3.05, 3.63) is 36.0 Å². The number of nitrogens with one attached hydrogen (secondary N) is 1. The van der Waals surface area contributed by atoms with Gasteiger partial charge in [-0.3, -0.25) is 9.78 Å². The lowest BCUT2D eigenvalue weighted by Crippen LogP contribution is -2.16. The van der Waals surface area contributed by atoms with Gasteiger partial charge in [0.05, 0.1) is 16.2 Å². The van der Waals surface area contributed by atoms with Gasteiger partial charge in [-0.15, -0.1) is 10.2 Å². The van der Waals surface area contributed by atoms with Crippen LogP contribution in [-0.4, -0.2) is 44.8 Å². The summed E-state index contributed by atoms with van der Waals surface area (Å²) in [6.07, 6.45) is -2.02. The molecule has 1 amide bonds. The van der Waals surface area contributed by atoms with Crippen molar-refractivity contribution in [2.75, 3.05) is 11.1 Å². The molecule has 0 spiro atoms.